The molecule has 3 heterocycles. The van der Waals surface area contributed by atoms with Crippen LogP contribution in [0.15, 0.2) is 60.2 Å². The minimum absolute atomic E-state index is 0.0116. The largest absolute Gasteiger partial charge is 0.508 e. The van der Waals surface area contributed by atoms with E-state index in [0.29, 0.717) is 40.2 Å². The van der Waals surface area contributed by atoms with Crippen LogP contribution >= 0.6 is 0 Å². The van der Waals surface area contributed by atoms with Gasteiger partial charge in [0.1, 0.15) is 46.4 Å². The van der Waals surface area contributed by atoms with Gasteiger partial charge in [-0.15, -0.1) is 0 Å². The van der Waals surface area contributed by atoms with Crippen LogP contribution in [0.3, 0.4) is 0 Å². The normalized spacial score (nSPS) is 26.8. The SMILES string of the molecule is CC1=C[C@@H]2c3c(O)cc(C=O)cc3O[C@]3(c4ccc(O)c5c4OC(C)(C)C=C5)Oc4cc(O)ccc4[C@@H](C1)[C@H]23. The smallest absolute Gasteiger partial charge is 0.285 e. The monoisotopic (exact) mass is 524 g/mol. The Kier molecular flexibility index (Phi) is 4.75. The number of hydrogen-bond donors (Lipinski definition) is 3. The second-order valence-corrected chi connectivity index (χ2v) is 11.5. The Morgan fingerprint density at radius 2 is 1.74 bits per heavy atom. The first-order valence-electron chi connectivity index (χ1n) is 13.1. The third-order valence-electron chi connectivity index (χ3n) is 8.36. The number of hydrogen-bond acceptors (Lipinski definition) is 7. The number of carbonyl (C=O) groups excluding carboxylic acids is 1. The first kappa shape index (κ1) is 23.7. The van der Waals surface area contributed by atoms with Crippen LogP contribution in [0.2, 0.25) is 0 Å². The van der Waals surface area contributed by atoms with Gasteiger partial charge in [0.05, 0.1) is 17.0 Å². The zero-order chi connectivity index (χ0) is 27.3. The first-order chi connectivity index (χ1) is 18.6. The summed E-state index contributed by atoms with van der Waals surface area (Å²) in [6.07, 6.45) is 7.26. The highest BCUT2D eigenvalue weighted by atomic mass is 16.7. The van der Waals surface area contributed by atoms with Crippen molar-refractivity contribution in [3.63, 3.8) is 0 Å². The van der Waals surface area contributed by atoms with Gasteiger partial charge < -0.3 is 29.5 Å². The van der Waals surface area contributed by atoms with E-state index in [2.05, 4.69) is 13.0 Å². The molecular formula is C32H28O7. The topological polar surface area (TPSA) is 105 Å². The molecule has 0 bridgehead atoms. The van der Waals surface area contributed by atoms with Crippen LogP contribution in [0.4, 0.5) is 0 Å². The lowest BCUT2D eigenvalue weighted by Crippen LogP contribution is -2.56. The summed E-state index contributed by atoms with van der Waals surface area (Å²) in [7, 11) is 0. The number of benzene rings is 3. The van der Waals surface area contributed by atoms with Crippen LogP contribution in [-0.2, 0) is 5.79 Å². The molecule has 39 heavy (non-hydrogen) atoms. The van der Waals surface area contributed by atoms with Gasteiger partial charge in [0.15, 0.2) is 0 Å². The fourth-order valence-corrected chi connectivity index (χ4v) is 6.80. The zero-order valence-corrected chi connectivity index (χ0v) is 21.8. The fraction of sp³-hybridized carbons (Fsp3) is 0.281. The molecule has 0 radical (unpaired) electrons. The molecule has 0 spiro atoms. The number of rotatable bonds is 2. The molecule has 4 atom stereocenters. The molecule has 0 unspecified atom stereocenters. The molecule has 3 N–H and O–H groups in total. The third-order valence-corrected chi connectivity index (χ3v) is 8.36. The van der Waals surface area contributed by atoms with Gasteiger partial charge in [-0.1, -0.05) is 17.7 Å². The average Bonchev–Trinajstić information content (AvgIpc) is 2.87. The number of fused-ring (bicyclic) bond motifs is 5. The molecule has 0 saturated heterocycles. The van der Waals surface area contributed by atoms with Crippen LogP contribution in [0, 0.1) is 5.92 Å². The van der Waals surface area contributed by atoms with Crippen LogP contribution in [0.25, 0.3) is 6.08 Å². The Balaban J connectivity index is 1.57. The number of ether oxygens (including phenoxy) is 3. The molecule has 4 aliphatic rings. The Bertz CT molecular complexity index is 1630. The minimum Gasteiger partial charge on any atom is -0.508 e. The van der Waals surface area contributed by atoms with E-state index in [9.17, 15) is 20.1 Å². The van der Waals surface area contributed by atoms with E-state index in [4.69, 9.17) is 14.2 Å². The molecule has 3 aliphatic heterocycles. The third kappa shape index (κ3) is 3.32. The minimum atomic E-state index is -1.46. The summed E-state index contributed by atoms with van der Waals surface area (Å²) < 4.78 is 20.1. The first-order valence-corrected chi connectivity index (χ1v) is 13.1. The number of carbonyl (C=O) groups is 1. The molecule has 1 aliphatic carbocycles. The van der Waals surface area contributed by atoms with Crippen LogP contribution in [0.5, 0.6) is 34.5 Å². The van der Waals surface area contributed by atoms with Crippen molar-refractivity contribution in [2.75, 3.05) is 0 Å². The molecule has 7 nitrogen and oxygen atoms in total. The molecule has 0 fully saturated rings. The molecule has 0 aromatic heterocycles. The Morgan fingerprint density at radius 1 is 0.949 bits per heavy atom. The summed E-state index contributed by atoms with van der Waals surface area (Å²) in [6.45, 7) is 5.92. The number of allylic oxidation sites excluding steroid dienone is 2. The van der Waals surface area contributed by atoms with E-state index in [1.165, 1.54) is 6.07 Å². The highest BCUT2D eigenvalue weighted by Gasteiger charge is 2.62. The summed E-state index contributed by atoms with van der Waals surface area (Å²) >= 11 is 0. The van der Waals surface area contributed by atoms with E-state index < -0.39 is 11.4 Å². The van der Waals surface area contributed by atoms with Gasteiger partial charge in [0, 0.05) is 29.0 Å². The van der Waals surface area contributed by atoms with Crippen LogP contribution < -0.4 is 14.2 Å². The highest BCUT2D eigenvalue weighted by molar-refractivity contribution is 5.78. The second kappa shape index (κ2) is 7.82. The molecule has 7 heteroatoms. The summed E-state index contributed by atoms with van der Waals surface area (Å²) in [5.41, 5.74) is 3.40. The van der Waals surface area contributed by atoms with Crippen molar-refractivity contribution in [2.45, 2.75) is 50.4 Å². The maximum Gasteiger partial charge on any atom is 0.285 e. The van der Waals surface area contributed by atoms with E-state index >= 15 is 0 Å². The lowest BCUT2D eigenvalue weighted by Gasteiger charge is -2.55. The molecule has 7 rings (SSSR count). The maximum atomic E-state index is 11.8. The Morgan fingerprint density at radius 3 is 2.54 bits per heavy atom. The number of phenols is 3. The number of phenolic OH excluding ortho intramolecular Hbond substituents is 3. The predicted octanol–water partition coefficient (Wildman–Crippen LogP) is 6.27. The van der Waals surface area contributed by atoms with Gasteiger partial charge in [-0.3, -0.25) is 4.79 Å². The van der Waals surface area contributed by atoms with Crippen molar-refractivity contribution in [1.82, 2.24) is 0 Å². The van der Waals surface area contributed by atoms with E-state index in [1.54, 1.807) is 30.3 Å². The summed E-state index contributed by atoms with van der Waals surface area (Å²) in [4.78, 5) is 11.8. The fourth-order valence-electron chi connectivity index (χ4n) is 6.80. The number of aromatic hydroxyl groups is 3. The highest BCUT2D eigenvalue weighted by Crippen LogP contribution is 2.65. The van der Waals surface area contributed by atoms with Gasteiger partial charge in [-0.2, -0.15) is 0 Å². The summed E-state index contributed by atoms with van der Waals surface area (Å²) in [6, 6.07) is 11.6. The van der Waals surface area contributed by atoms with Gasteiger partial charge in [-0.05, 0) is 75.2 Å². The van der Waals surface area contributed by atoms with Gasteiger partial charge in [0.25, 0.3) is 5.79 Å². The molecular weight excluding hydrogens is 496 g/mol. The Labute approximate surface area is 225 Å². The molecule has 3 aromatic carbocycles. The van der Waals surface area contributed by atoms with E-state index in [-0.39, 0.29) is 40.6 Å². The van der Waals surface area contributed by atoms with Crippen LogP contribution in [0.1, 0.15) is 71.6 Å². The van der Waals surface area contributed by atoms with E-state index in [0.717, 1.165) is 17.6 Å². The van der Waals surface area contributed by atoms with Gasteiger partial charge >= 0.3 is 0 Å². The quantitative estimate of drug-likeness (QED) is 0.268. The molecule has 198 valence electrons. The summed E-state index contributed by atoms with van der Waals surface area (Å²) in [5.74, 6) is -0.835. The number of aldehydes is 1. The molecule has 0 amide bonds. The van der Waals surface area contributed by atoms with Crippen molar-refractivity contribution in [2.24, 2.45) is 5.92 Å². The van der Waals surface area contributed by atoms with E-state index in [1.807, 2.05) is 32.1 Å². The molecule has 0 saturated carbocycles. The van der Waals surface area contributed by atoms with Gasteiger partial charge in [0.2, 0.25) is 0 Å². The average molecular weight is 525 g/mol. The zero-order valence-electron chi connectivity index (χ0n) is 21.8. The van der Waals surface area contributed by atoms with Crippen molar-refractivity contribution in [3.8, 4) is 34.5 Å². The maximum absolute atomic E-state index is 11.8. The van der Waals surface area contributed by atoms with Crippen molar-refractivity contribution in [3.05, 3.63) is 88.0 Å². The molecule has 3 aromatic rings. The predicted molar refractivity (Wildman–Crippen MR) is 144 cm³/mol. The van der Waals surface area contributed by atoms with Crippen LogP contribution in [-0.4, -0.2) is 27.2 Å². The Hall–Kier alpha value is -4.39. The lowest BCUT2D eigenvalue weighted by molar-refractivity contribution is -0.198. The van der Waals surface area contributed by atoms with Crippen molar-refractivity contribution >= 4 is 12.4 Å². The second-order valence-electron chi connectivity index (χ2n) is 11.5. The van der Waals surface area contributed by atoms with Crippen molar-refractivity contribution in [1.29, 1.82) is 0 Å². The standard InChI is InChI=1S/C32H28O7/c1-16-10-21-19-5-4-18(34)14-26(19)37-32(23-6-7-24(35)20-8-9-31(2,3)39-30(20)23)29(21)22(11-16)28-25(36)12-17(15-33)13-27(28)38-32/h4-9,11-15,21-22,29,34-36H,10H2,1-3H3/t21-,22-,29-,32+/m1/s1. The van der Waals surface area contributed by atoms with Gasteiger partial charge in [-0.25, -0.2) is 0 Å². The lowest BCUT2D eigenvalue weighted by atomic mass is 9.61. The summed E-state index contributed by atoms with van der Waals surface area (Å²) in [5, 5.41) is 32.3. The van der Waals surface area contributed by atoms with Crippen molar-refractivity contribution < 1.29 is 34.3 Å².